The zero-order valence-electron chi connectivity index (χ0n) is 20.9. The van der Waals surface area contributed by atoms with Crippen molar-refractivity contribution in [1.82, 2.24) is 24.8 Å². The van der Waals surface area contributed by atoms with E-state index in [9.17, 15) is 9.18 Å². The fourth-order valence-electron chi connectivity index (χ4n) is 4.66. The second kappa shape index (κ2) is 10.2. The molecule has 0 saturated heterocycles. The SMILES string of the molecule is COc1cc([C@@H](C)C(=O)N2CCCCc3cc(-c4cnc(C5CC5)cn4)c(C)nc3NC2)c(F)cn1. The van der Waals surface area contributed by atoms with Crippen molar-refractivity contribution < 1.29 is 13.9 Å². The molecule has 8 nitrogen and oxygen atoms in total. The lowest BCUT2D eigenvalue weighted by Crippen LogP contribution is -2.39. The number of anilines is 1. The van der Waals surface area contributed by atoms with Gasteiger partial charge in [-0.25, -0.2) is 14.4 Å². The number of hydrogen-bond donors (Lipinski definition) is 1. The van der Waals surface area contributed by atoms with E-state index < -0.39 is 11.7 Å². The fourth-order valence-corrected chi connectivity index (χ4v) is 4.66. The second-order valence-electron chi connectivity index (χ2n) is 9.59. The first-order chi connectivity index (χ1) is 17.4. The number of nitrogens with one attached hydrogen (secondary N) is 1. The summed E-state index contributed by atoms with van der Waals surface area (Å²) in [6.45, 7) is 4.55. The Balaban J connectivity index is 1.34. The molecular weight excluding hydrogens is 459 g/mol. The molecule has 1 amide bonds. The van der Waals surface area contributed by atoms with E-state index in [-0.39, 0.29) is 17.4 Å². The summed E-state index contributed by atoms with van der Waals surface area (Å²) in [5.74, 6) is 0.278. The van der Waals surface area contributed by atoms with Gasteiger partial charge in [-0.3, -0.25) is 14.8 Å². The largest absolute Gasteiger partial charge is 0.481 e. The molecule has 9 heteroatoms. The molecule has 2 aliphatic rings. The van der Waals surface area contributed by atoms with Crippen LogP contribution in [-0.4, -0.2) is 51.1 Å². The first-order valence-electron chi connectivity index (χ1n) is 12.5. The van der Waals surface area contributed by atoms with Gasteiger partial charge in [-0.2, -0.15) is 0 Å². The van der Waals surface area contributed by atoms with E-state index in [2.05, 4.69) is 26.3 Å². The third kappa shape index (κ3) is 5.01. The Hall–Kier alpha value is -3.62. The molecular formula is C27H31FN6O2. The topological polar surface area (TPSA) is 93.1 Å². The van der Waals surface area contributed by atoms with E-state index in [1.807, 2.05) is 19.3 Å². The Kier molecular flexibility index (Phi) is 6.80. The van der Waals surface area contributed by atoms with Gasteiger partial charge in [0, 0.05) is 41.5 Å². The number of ether oxygens (including phenoxy) is 1. The first kappa shape index (κ1) is 24.1. The summed E-state index contributed by atoms with van der Waals surface area (Å²) in [5.41, 5.74) is 5.10. The molecule has 36 heavy (non-hydrogen) atoms. The van der Waals surface area contributed by atoms with Gasteiger partial charge in [0.25, 0.3) is 0 Å². The lowest BCUT2D eigenvalue weighted by atomic mass is 10.00. The van der Waals surface area contributed by atoms with Crippen LogP contribution in [0.25, 0.3) is 11.3 Å². The van der Waals surface area contributed by atoms with Crippen LogP contribution in [-0.2, 0) is 11.2 Å². The van der Waals surface area contributed by atoms with Gasteiger partial charge in [-0.1, -0.05) is 0 Å². The molecule has 3 aromatic heterocycles. The molecule has 0 spiro atoms. The predicted molar refractivity (Wildman–Crippen MR) is 134 cm³/mol. The van der Waals surface area contributed by atoms with Crippen LogP contribution in [0.15, 0.2) is 30.7 Å². The third-order valence-electron chi connectivity index (χ3n) is 7.01. The molecule has 188 valence electrons. The van der Waals surface area contributed by atoms with Crippen molar-refractivity contribution in [2.45, 2.75) is 57.8 Å². The third-order valence-corrected chi connectivity index (χ3v) is 7.01. The standard InChI is InChI=1S/C27H31FN6O2/c1-16(20-11-25(36-3)31-12-22(20)28)27(35)34-9-5-4-6-19-10-21(17(2)33-26(19)32-15-34)24-14-29-23(13-30-24)18-7-8-18/h10-14,16,18H,4-9,15H2,1-3H3,(H,32,33)/t16-/m1/s1. The number of rotatable bonds is 5. The van der Waals surface area contributed by atoms with Crippen molar-refractivity contribution in [2.24, 2.45) is 0 Å². The van der Waals surface area contributed by atoms with E-state index in [1.54, 1.807) is 11.8 Å². The minimum absolute atomic E-state index is 0.155. The molecule has 1 aliphatic heterocycles. The zero-order chi connectivity index (χ0) is 25.2. The summed E-state index contributed by atoms with van der Waals surface area (Å²) in [5, 5.41) is 3.36. The Bertz CT molecular complexity index is 1260. The number of carbonyl (C=O) groups excluding carboxylic acids is 1. The molecule has 1 fully saturated rings. The summed E-state index contributed by atoms with van der Waals surface area (Å²) >= 11 is 0. The van der Waals surface area contributed by atoms with Gasteiger partial charge >= 0.3 is 0 Å². The monoisotopic (exact) mass is 490 g/mol. The quantitative estimate of drug-likeness (QED) is 0.558. The van der Waals surface area contributed by atoms with Crippen LogP contribution in [0.5, 0.6) is 5.88 Å². The van der Waals surface area contributed by atoms with Crippen LogP contribution in [0.4, 0.5) is 10.2 Å². The first-order valence-corrected chi connectivity index (χ1v) is 12.5. The Morgan fingerprint density at radius 1 is 1.17 bits per heavy atom. The minimum atomic E-state index is -0.668. The zero-order valence-corrected chi connectivity index (χ0v) is 20.9. The summed E-state index contributed by atoms with van der Waals surface area (Å²) in [6.07, 6.45) is 9.80. The van der Waals surface area contributed by atoms with E-state index in [1.165, 1.54) is 26.0 Å². The van der Waals surface area contributed by atoms with Crippen LogP contribution in [0.1, 0.15) is 67.0 Å². The van der Waals surface area contributed by atoms with Gasteiger partial charge in [0.1, 0.15) is 11.6 Å². The van der Waals surface area contributed by atoms with E-state index in [0.29, 0.717) is 19.1 Å². The summed E-state index contributed by atoms with van der Waals surface area (Å²) in [7, 11) is 1.47. The number of carbonyl (C=O) groups is 1. The van der Waals surface area contributed by atoms with Gasteiger partial charge in [-0.15, -0.1) is 0 Å². The summed E-state index contributed by atoms with van der Waals surface area (Å²) in [6, 6.07) is 3.63. The van der Waals surface area contributed by atoms with Gasteiger partial charge in [0.05, 0.1) is 43.5 Å². The summed E-state index contributed by atoms with van der Waals surface area (Å²) in [4.78, 5) is 33.1. The van der Waals surface area contributed by atoms with Crippen LogP contribution in [0.3, 0.4) is 0 Å². The predicted octanol–water partition coefficient (Wildman–Crippen LogP) is 4.61. The van der Waals surface area contributed by atoms with E-state index in [4.69, 9.17) is 9.72 Å². The molecule has 1 aliphatic carbocycles. The number of nitrogens with zero attached hydrogens (tertiary/aromatic N) is 5. The smallest absolute Gasteiger partial charge is 0.231 e. The van der Waals surface area contributed by atoms with Gasteiger partial charge in [0.2, 0.25) is 11.8 Å². The molecule has 1 atom stereocenters. The Morgan fingerprint density at radius 3 is 2.72 bits per heavy atom. The van der Waals surface area contributed by atoms with Gasteiger partial charge in [-0.05, 0) is 57.6 Å². The van der Waals surface area contributed by atoms with Crippen LogP contribution >= 0.6 is 0 Å². The molecule has 4 heterocycles. The average Bonchev–Trinajstić information content (AvgIpc) is 3.73. The average molecular weight is 491 g/mol. The minimum Gasteiger partial charge on any atom is -0.481 e. The van der Waals surface area contributed by atoms with Crippen molar-refractivity contribution in [3.63, 3.8) is 0 Å². The van der Waals surface area contributed by atoms with Crippen molar-refractivity contribution in [1.29, 1.82) is 0 Å². The maximum atomic E-state index is 14.5. The lowest BCUT2D eigenvalue weighted by molar-refractivity contribution is -0.132. The highest BCUT2D eigenvalue weighted by Gasteiger charge is 2.27. The maximum Gasteiger partial charge on any atom is 0.231 e. The van der Waals surface area contributed by atoms with Crippen molar-refractivity contribution in [3.8, 4) is 17.1 Å². The molecule has 5 rings (SSSR count). The molecule has 0 unspecified atom stereocenters. The summed E-state index contributed by atoms with van der Waals surface area (Å²) < 4.78 is 19.6. The van der Waals surface area contributed by atoms with Crippen molar-refractivity contribution in [3.05, 3.63) is 59.1 Å². The number of aromatic nitrogens is 4. The Morgan fingerprint density at radius 2 is 2.00 bits per heavy atom. The van der Waals surface area contributed by atoms with Crippen LogP contribution in [0.2, 0.25) is 0 Å². The fraction of sp³-hybridized carbons (Fsp3) is 0.444. The molecule has 0 bridgehead atoms. The number of methoxy groups -OCH3 is 1. The normalized spacial score (nSPS) is 16.7. The van der Waals surface area contributed by atoms with Crippen LogP contribution in [0, 0.1) is 12.7 Å². The van der Waals surface area contributed by atoms with Gasteiger partial charge < -0.3 is 15.0 Å². The molecule has 1 N–H and O–H groups in total. The van der Waals surface area contributed by atoms with Crippen molar-refractivity contribution >= 4 is 11.7 Å². The number of amides is 1. The molecule has 0 aromatic carbocycles. The number of fused-ring (bicyclic) bond motifs is 1. The lowest BCUT2D eigenvalue weighted by Gasteiger charge is -2.26. The highest BCUT2D eigenvalue weighted by molar-refractivity contribution is 5.83. The van der Waals surface area contributed by atoms with Gasteiger partial charge in [0.15, 0.2) is 0 Å². The van der Waals surface area contributed by atoms with Crippen molar-refractivity contribution in [2.75, 3.05) is 25.6 Å². The highest BCUT2D eigenvalue weighted by atomic mass is 19.1. The number of pyridine rings is 2. The van der Waals surface area contributed by atoms with E-state index >= 15 is 0 Å². The number of halogens is 1. The maximum absolute atomic E-state index is 14.5. The van der Waals surface area contributed by atoms with Crippen LogP contribution < -0.4 is 10.1 Å². The number of aryl methyl sites for hydroxylation is 2. The molecule has 1 saturated carbocycles. The molecule has 3 aromatic rings. The Labute approximate surface area is 210 Å². The second-order valence-corrected chi connectivity index (χ2v) is 9.59. The molecule has 0 radical (unpaired) electrons. The number of hydrogen-bond acceptors (Lipinski definition) is 7. The van der Waals surface area contributed by atoms with E-state index in [0.717, 1.165) is 59.5 Å². The highest BCUT2D eigenvalue weighted by Crippen LogP contribution is 2.39.